The van der Waals surface area contributed by atoms with Crippen LogP contribution in [0.1, 0.15) is 59.1 Å². The van der Waals surface area contributed by atoms with Crippen LogP contribution in [0.4, 0.5) is 0 Å². The molecular formula is C21H41IN6O. The number of hydrogen-bond acceptors (Lipinski definition) is 5. The summed E-state index contributed by atoms with van der Waals surface area (Å²) in [6.45, 7) is 20.1. The highest BCUT2D eigenvalue weighted by Crippen LogP contribution is 2.22. The van der Waals surface area contributed by atoms with Crippen molar-refractivity contribution in [3.8, 4) is 0 Å². The van der Waals surface area contributed by atoms with Crippen molar-refractivity contribution in [2.45, 2.75) is 59.4 Å². The second-order valence-electron chi connectivity index (χ2n) is 8.47. The number of likely N-dealkylation sites (N-methyl/N-ethyl adjacent to an activating group) is 1. The van der Waals surface area contributed by atoms with E-state index >= 15 is 0 Å². The quantitative estimate of drug-likeness (QED) is 0.226. The van der Waals surface area contributed by atoms with Gasteiger partial charge in [-0.25, -0.2) is 9.98 Å². The third-order valence-electron chi connectivity index (χ3n) is 5.12. The smallest absolute Gasteiger partial charge is 0.216 e. The van der Waals surface area contributed by atoms with Gasteiger partial charge in [-0.2, -0.15) is 0 Å². The average molecular weight is 521 g/mol. The van der Waals surface area contributed by atoms with Crippen molar-refractivity contribution >= 4 is 29.9 Å². The number of aromatic nitrogens is 1. The molecule has 1 fully saturated rings. The Bertz CT molecular complexity index is 590. The van der Waals surface area contributed by atoms with Crippen molar-refractivity contribution in [1.82, 2.24) is 25.4 Å². The van der Waals surface area contributed by atoms with Crippen molar-refractivity contribution in [2.75, 3.05) is 52.4 Å². The lowest BCUT2D eigenvalue weighted by molar-refractivity contribution is 0.136. The molecule has 0 spiro atoms. The normalized spacial score (nSPS) is 16.5. The summed E-state index contributed by atoms with van der Waals surface area (Å²) in [5.41, 5.74) is -0.0269. The predicted molar refractivity (Wildman–Crippen MR) is 131 cm³/mol. The molecule has 1 saturated heterocycles. The topological polar surface area (TPSA) is 68.9 Å². The fourth-order valence-corrected chi connectivity index (χ4v) is 3.21. The van der Waals surface area contributed by atoms with Crippen molar-refractivity contribution in [3.05, 3.63) is 17.8 Å². The van der Waals surface area contributed by atoms with E-state index in [1.165, 1.54) is 45.7 Å². The van der Waals surface area contributed by atoms with E-state index in [4.69, 9.17) is 4.42 Å². The fraction of sp³-hybridized carbons (Fsp3) is 0.810. The van der Waals surface area contributed by atoms with Gasteiger partial charge in [0.15, 0.2) is 5.96 Å². The van der Waals surface area contributed by atoms with E-state index in [0.717, 1.165) is 31.2 Å². The minimum Gasteiger partial charge on any atom is -0.443 e. The molecule has 7 nitrogen and oxygen atoms in total. The van der Waals surface area contributed by atoms with Gasteiger partial charge in [-0.1, -0.05) is 27.7 Å². The van der Waals surface area contributed by atoms with Gasteiger partial charge in [0.2, 0.25) is 5.89 Å². The van der Waals surface area contributed by atoms with Gasteiger partial charge < -0.3 is 24.9 Å². The summed E-state index contributed by atoms with van der Waals surface area (Å²) in [5.74, 6) is 2.39. The summed E-state index contributed by atoms with van der Waals surface area (Å²) in [5, 5.41) is 6.72. The Labute approximate surface area is 194 Å². The Morgan fingerprint density at radius 3 is 2.38 bits per heavy atom. The molecule has 0 unspecified atom stereocenters. The van der Waals surface area contributed by atoms with Gasteiger partial charge in [0, 0.05) is 44.7 Å². The minimum absolute atomic E-state index is 0. The Kier molecular flexibility index (Phi) is 12.1. The van der Waals surface area contributed by atoms with Gasteiger partial charge in [-0.3, -0.25) is 0 Å². The van der Waals surface area contributed by atoms with Crippen LogP contribution >= 0.6 is 24.0 Å². The Balaban J connectivity index is 0.00000420. The summed E-state index contributed by atoms with van der Waals surface area (Å²) in [7, 11) is 0. The van der Waals surface area contributed by atoms with E-state index in [0.29, 0.717) is 12.4 Å². The van der Waals surface area contributed by atoms with Gasteiger partial charge in [-0.05, 0) is 32.9 Å². The molecule has 1 aliphatic heterocycles. The number of oxazole rings is 1. The lowest BCUT2D eigenvalue weighted by atomic mass is 9.94. The standard InChI is InChI=1S/C21H40N6O.HI/c1-6-22-20(25-17-19-24-16-18(28-19)21(3,4)5)23-10-8-9-11-27-14-12-26(7-2)13-15-27;/h16H,6-15,17H2,1-5H3,(H2,22,23,25);1H. The molecule has 0 radical (unpaired) electrons. The third-order valence-corrected chi connectivity index (χ3v) is 5.12. The first-order valence-corrected chi connectivity index (χ1v) is 10.8. The number of nitrogens with zero attached hydrogens (tertiary/aromatic N) is 4. The van der Waals surface area contributed by atoms with Gasteiger partial charge in [-0.15, -0.1) is 24.0 Å². The van der Waals surface area contributed by atoms with E-state index in [9.17, 15) is 0 Å². The van der Waals surface area contributed by atoms with Crippen LogP contribution in [0.3, 0.4) is 0 Å². The van der Waals surface area contributed by atoms with E-state index in [1.807, 2.05) is 6.20 Å². The number of aliphatic imine (C=N–C) groups is 1. The molecule has 2 rings (SSSR count). The molecule has 168 valence electrons. The van der Waals surface area contributed by atoms with Crippen LogP contribution in [0.5, 0.6) is 0 Å². The summed E-state index contributed by atoms with van der Waals surface area (Å²) >= 11 is 0. The molecule has 1 aromatic rings. The second-order valence-corrected chi connectivity index (χ2v) is 8.47. The van der Waals surface area contributed by atoms with Crippen LogP contribution < -0.4 is 10.6 Å². The molecule has 0 bridgehead atoms. The average Bonchev–Trinajstić information content (AvgIpc) is 3.16. The third kappa shape index (κ3) is 9.65. The van der Waals surface area contributed by atoms with Gasteiger partial charge in [0.1, 0.15) is 12.3 Å². The Hall–Kier alpha value is -0.870. The SMILES string of the molecule is CCNC(=NCc1ncc(C(C)(C)C)o1)NCCCCN1CCN(CC)CC1.I. The molecule has 0 aliphatic carbocycles. The number of rotatable bonds is 9. The zero-order valence-electron chi connectivity index (χ0n) is 19.0. The summed E-state index contributed by atoms with van der Waals surface area (Å²) in [6.07, 6.45) is 4.17. The number of hydrogen-bond donors (Lipinski definition) is 2. The molecule has 29 heavy (non-hydrogen) atoms. The molecule has 2 heterocycles. The monoisotopic (exact) mass is 520 g/mol. The predicted octanol–water partition coefficient (Wildman–Crippen LogP) is 3.06. The number of unbranched alkanes of at least 4 members (excludes halogenated alkanes) is 1. The van der Waals surface area contributed by atoms with Crippen LogP contribution in [0, 0.1) is 0 Å². The molecule has 1 aliphatic rings. The van der Waals surface area contributed by atoms with E-state index < -0.39 is 0 Å². The van der Waals surface area contributed by atoms with Crippen LogP contribution in [0.15, 0.2) is 15.6 Å². The molecule has 0 atom stereocenters. The Morgan fingerprint density at radius 1 is 1.10 bits per heavy atom. The van der Waals surface area contributed by atoms with Gasteiger partial charge >= 0.3 is 0 Å². The molecule has 1 aromatic heterocycles. The molecular weight excluding hydrogens is 479 g/mol. The summed E-state index contributed by atoms with van der Waals surface area (Å²) in [4.78, 5) is 14.1. The molecule has 0 saturated carbocycles. The highest BCUT2D eigenvalue weighted by atomic mass is 127. The minimum atomic E-state index is -0.0269. The zero-order chi connectivity index (χ0) is 20.4. The van der Waals surface area contributed by atoms with Gasteiger partial charge in [0.25, 0.3) is 0 Å². The molecule has 0 aromatic carbocycles. The van der Waals surface area contributed by atoms with E-state index in [1.54, 1.807) is 0 Å². The van der Waals surface area contributed by atoms with Crippen molar-refractivity contribution < 1.29 is 4.42 Å². The van der Waals surface area contributed by atoms with Crippen LogP contribution in [-0.4, -0.2) is 73.1 Å². The maximum absolute atomic E-state index is 5.82. The van der Waals surface area contributed by atoms with Crippen molar-refractivity contribution in [1.29, 1.82) is 0 Å². The highest BCUT2D eigenvalue weighted by Gasteiger charge is 2.19. The lowest BCUT2D eigenvalue weighted by Gasteiger charge is -2.34. The van der Waals surface area contributed by atoms with Crippen molar-refractivity contribution in [3.63, 3.8) is 0 Å². The molecule has 8 heteroatoms. The van der Waals surface area contributed by atoms with Gasteiger partial charge in [0.05, 0.1) is 6.20 Å². The fourth-order valence-electron chi connectivity index (χ4n) is 3.21. The number of piperazine rings is 1. The highest BCUT2D eigenvalue weighted by molar-refractivity contribution is 14.0. The number of halogens is 1. The largest absolute Gasteiger partial charge is 0.443 e. The second kappa shape index (κ2) is 13.4. The van der Waals surface area contributed by atoms with Crippen LogP contribution in [0.25, 0.3) is 0 Å². The molecule has 0 amide bonds. The summed E-state index contributed by atoms with van der Waals surface area (Å²) < 4.78 is 5.82. The lowest BCUT2D eigenvalue weighted by Crippen LogP contribution is -2.46. The maximum Gasteiger partial charge on any atom is 0.216 e. The van der Waals surface area contributed by atoms with Crippen LogP contribution in [0.2, 0.25) is 0 Å². The van der Waals surface area contributed by atoms with E-state index in [-0.39, 0.29) is 29.4 Å². The first-order valence-electron chi connectivity index (χ1n) is 10.8. The first-order chi connectivity index (χ1) is 13.4. The number of guanidine groups is 1. The number of nitrogens with one attached hydrogen (secondary N) is 2. The Morgan fingerprint density at radius 2 is 1.79 bits per heavy atom. The maximum atomic E-state index is 5.82. The van der Waals surface area contributed by atoms with Crippen LogP contribution in [-0.2, 0) is 12.0 Å². The first kappa shape index (κ1) is 26.2. The summed E-state index contributed by atoms with van der Waals surface area (Å²) in [6, 6.07) is 0. The molecule has 2 N–H and O–H groups in total. The van der Waals surface area contributed by atoms with E-state index in [2.05, 4.69) is 65.0 Å². The zero-order valence-corrected chi connectivity index (χ0v) is 21.3. The van der Waals surface area contributed by atoms with Crippen molar-refractivity contribution in [2.24, 2.45) is 4.99 Å².